The van der Waals surface area contributed by atoms with E-state index in [0.717, 1.165) is 0 Å². The molecule has 34 heavy (non-hydrogen) atoms. The fourth-order valence-corrected chi connectivity index (χ4v) is 3.75. The molecule has 1 aliphatic rings. The van der Waals surface area contributed by atoms with Gasteiger partial charge in [0.25, 0.3) is 5.91 Å². The van der Waals surface area contributed by atoms with Crippen LogP contribution in [0.2, 0.25) is 0 Å². The van der Waals surface area contributed by atoms with E-state index in [1.807, 2.05) is 18.2 Å². The molecule has 1 saturated heterocycles. The number of aliphatic hydroxyl groups is 1. The summed E-state index contributed by atoms with van der Waals surface area (Å²) < 4.78 is 24.9. The molecule has 0 spiro atoms. The maximum Gasteiger partial charge on any atom is 0.262 e. The molecule has 0 aliphatic carbocycles. The third-order valence-corrected chi connectivity index (χ3v) is 5.55. The van der Waals surface area contributed by atoms with E-state index in [2.05, 4.69) is 5.32 Å². The van der Waals surface area contributed by atoms with E-state index in [1.165, 1.54) is 11.0 Å². The maximum atomic E-state index is 14.1. The first-order valence-electron chi connectivity index (χ1n) is 10.9. The van der Waals surface area contributed by atoms with Gasteiger partial charge in [0.2, 0.25) is 5.91 Å². The van der Waals surface area contributed by atoms with Gasteiger partial charge >= 0.3 is 0 Å². The topological polar surface area (TPSA) is 88.1 Å². The molecule has 8 heteroatoms. The Labute approximate surface area is 196 Å². The summed E-state index contributed by atoms with van der Waals surface area (Å²) >= 11 is 0. The summed E-state index contributed by atoms with van der Waals surface area (Å²) in [6.07, 6.45) is -1.05. The van der Waals surface area contributed by atoms with Crippen molar-refractivity contribution in [1.29, 1.82) is 0 Å². The second-order valence-electron chi connectivity index (χ2n) is 7.91. The van der Waals surface area contributed by atoms with Crippen molar-refractivity contribution < 1.29 is 28.6 Å². The molecule has 1 fully saturated rings. The second-order valence-corrected chi connectivity index (χ2v) is 7.91. The van der Waals surface area contributed by atoms with Crippen molar-refractivity contribution >= 4 is 17.5 Å². The number of nitrogens with zero attached hydrogens (tertiary/aromatic N) is 1. The Morgan fingerprint density at radius 2 is 1.79 bits per heavy atom. The van der Waals surface area contributed by atoms with Crippen LogP contribution in [0.15, 0.2) is 78.9 Å². The molecule has 2 amide bonds. The van der Waals surface area contributed by atoms with Crippen LogP contribution in [0.3, 0.4) is 0 Å². The van der Waals surface area contributed by atoms with Gasteiger partial charge in [0.15, 0.2) is 6.61 Å². The van der Waals surface area contributed by atoms with Crippen LogP contribution < -0.4 is 10.1 Å². The van der Waals surface area contributed by atoms with E-state index < -0.39 is 18.0 Å². The normalized spacial score (nSPS) is 16.7. The number of rotatable bonds is 8. The first-order chi connectivity index (χ1) is 16.5. The van der Waals surface area contributed by atoms with Crippen LogP contribution in [0, 0.1) is 5.82 Å². The van der Waals surface area contributed by atoms with Gasteiger partial charge in [-0.05, 0) is 35.9 Å². The lowest BCUT2D eigenvalue weighted by molar-refractivity contribution is -0.155. The smallest absolute Gasteiger partial charge is 0.262 e. The van der Waals surface area contributed by atoms with E-state index >= 15 is 0 Å². The van der Waals surface area contributed by atoms with Crippen molar-refractivity contribution in [2.24, 2.45) is 0 Å². The van der Waals surface area contributed by atoms with E-state index in [9.17, 15) is 19.1 Å². The van der Waals surface area contributed by atoms with Crippen molar-refractivity contribution in [3.63, 3.8) is 0 Å². The highest BCUT2D eigenvalue weighted by Crippen LogP contribution is 2.27. The van der Waals surface area contributed by atoms with E-state index in [-0.39, 0.29) is 38.2 Å². The van der Waals surface area contributed by atoms with Crippen molar-refractivity contribution in [2.75, 3.05) is 25.1 Å². The molecule has 3 aromatic rings. The number of aliphatic hydroxyl groups excluding tert-OH is 1. The predicted molar refractivity (Wildman–Crippen MR) is 124 cm³/mol. The summed E-state index contributed by atoms with van der Waals surface area (Å²) in [6.45, 7) is -0.0998. The average Bonchev–Trinajstić information content (AvgIpc) is 2.86. The van der Waals surface area contributed by atoms with Gasteiger partial charge in [-0.1, -0.05) is 48.5 Å². The zero-order chi connectivity index (χ0) is 23.9. The number of hydrogen-bond donors (Lipinski definition) is 2. The molecular weight excluding hydrogens is 439 g/mol. The van der Waals surface area contributed by atoms with E-state index in [1.54, 1.807) is 54.6 Å². The molecule has 3 aromatic carbocycles. The van der Waals surface area contributed by atoms with Gasteiger partial charge < -0.3 is 24.8 Å². The average molecular weight is 464 g/mol. The van der Waals surface area contributed by atoms with Crippen LogP contribution in [-0.4, -0.2) is 47.7 Å². The van der Waals surface area contributed by atoms with Gasteiger partial charge in [-0.15, -0.1) is 0 Å². The third kappa shape index (κ3) is 5.78. The predicted octanol–water partition coefficient (Wildman–Crippen LogP) is 3.30. The van der Waals surface area contributed by atoms with Gasteiger partial charge in [0, 0.05) is 17.8 Å². The van der Waals surface area contributed by atoms with Gasteiger partial charge in [-0.2, -0.15) is 0 Å². The second kappa shape index (κ2) is 10.9. The van der Waals surface area contributed by atoms with Crippen molar-refractivity contribution in [1.82, 2.24) is 4.90 Å². The monoisotopic (exact) mass is 464 g/mol. The summed E-state index contributed by atoms with van der Waals surface area (Å²) in [4.78, 5) is 26.1. The molecule has 176 valence electrons. The molecule has 0 bridgehead atoms. The molecule has 7 nitrogen and oxygen atoms in total. The first-order valence-corrected chi connectivity index (χ1v) is 10.9. The third-order valence-electron chi connectivity index (χ3n) is 5.55. The Kier molecular flexibility index (Phi) is 7.51. The number of para-hydroxylation sites is 1. The standard InChI is InChI=1S/C26H25FN2O5/c27-22-9-5-4-6-19(22)14-29-23(15-33-17-25(29)31)26(32)18-10-12-20(13-11-18)28-24(30)16-34-21-7-2-1-3-8-21/h1-13,23,26,32H,14-17H2,(H,28,30). The van der Waals surface area contributed by atoms with Crippen LogP contribution >= 0.6 is 0 Å². The molecule has 4 rings (SSSR count). The van der Waals surface area contributed by atoms with Crippen LogP contribution in [0.1, 0.15) is 17.2 Å². The largest absolute Gasteiger partial charge is 0.484 e. The van der Waals surface area contributed by atoms with Crippen LogP contribution in [0.5, 0.6) is 5.75 Å². The van der Waals surface area contributed by atoms with Gasteiger partial charge in [-0.25, -0.2) is 4.39 Å². The van der Waals surface area contributed by atoms with Crippen LogP contribution in [0.4, 0.5) is 10.1 Å². The molecule has 2 unspecified atom stereocenters. The minimum Gasteiger partial charge on any atom is -0.484 e. The number of carbonyl (C=O) groups is 2. The Hall–Kier alpha value is -3.75. The van der Waals surface area contributed by atoms with Crippen LogP contribution in [-0.2, 0) is 20.9 Å². The molecule has 0 aromatic heterocycles. The number of benzene rings is 3. The minimum atomic E-state index is -1.05. The number of nitrogens with one attached hydrogen (secondary N) is 1. The Morgan fingerprint density at radius 3 is 2.53 bits per heavy atom. The molecular formula is C26H25FN2O5. The Morgan fingerprint density at radius 1 is 1.09 bits per heavy atom. The maximum absolute atomic E-state index is 14.1. The van der Waals surface area contributed by atoms with Crippen molar-refractivity contribution in [2.45, 2.75) is 18.7 Å². The Balaban J connectivity index is 1.39. The SMILES string of the molecule is O=C(COc1ccccc1)Nc1ccc(C(O)C2COCC(=O)N2Cc2ccccc2F)cc1. The molecule has 1 aliphatic heterocycles. The number of anilines is 1. The zero-order valence-electron chi connectivity index (χ0n) is 18.4. The number of ether oxygens (including phenoxy) is 2. The minimum absolute atomic E-state index is 0.0339. The van der Waals surface area contributed by atoms with Gasteiger partial charge in [-0.3, -0.25) is 9.59 Å². The highest BCUT2D eigenvalue weighted by Gasteiger charge is 2.35. The van der Waals surface area contributed by atoms with Crippen molar-refractivity contribution in [3.05, 3.63) is 95.8 Å². The summed E-state index contributed by atoms with van der Waals surface area (Å²) in [5, 5.41) is 13.7. The fourth-order valence-electron chi connectivity index (χ4n) is 3.75. The lowest BCUT2D eigenvalue weighted by Gasteiger charge is -2.38. The lowest BCUT2D eigenvalue weighted by Crippen LogP contribution is -2.51. The van der Waals surface area contributed by atoms with Crippen molar-refractivity contribution in [3.8, 4) is 5.75 Å². The molecule has 0 radical (unpaired) electrons. The van der Waals surface area contributed by atoms with E-state index in [0.29, 0.717) is 22.6 Å². The lowest BCUT2D eigenvalue weighted by atomic mass is 9.99. The highest BCUT2D eigenvalue weighted by molar-refractivity contribution is 5.91. The summed E-state index contributed by atoms with van der Waals surface area (Å²) in [5.41, 5.74) is 1.45. The summed E-state index contributed by atoms with van der Waals surface area (Å²) in [6, 6.07) is 21.2. The summed E-state index contributed by atoms with van der Waals surface area (Å²) in [7, 11) is 0. The first kappa shape index (κ1) is 23.4. The van der Waals surface area contributed by atoms with Gasteiger partial charge in [0.05, 0.1) is 12.6 Å². The number of amides is 2. The molecule has 1 heterocycles. The Bertz CT molecular complexity index is 1120. The highest BCUT2D eigenvalue weighted by atomic mass is 19.1. The number of hydrogen-bond acceptors (Lipinski definition) is 5. The number of carbonyl (C=O) groups excluding carboxylic acids is 2. The fraction of sp³-hybridized carbons (Fsp3) is 0.231. The molecule has 2 N–H and O–H groups in total. The molecule has 2 atom stereocenters. The summed E-state index contributed by atoms with van der Waals surface area (Å²) in [5.74, 6) is -0.452. The van der Waals surface area contributed by atoms with Crippen LogP contribution in [0.25, 0.3) is 0 Å². The quantitative estimate of drug-likeness (QED) is 0.534. The van der Waals surface area contributed by atoms with E-state index in [4.69, 9.17) is 9.47 Å². The number of halogens is 1. The zero-order valence-corrected chi connectivity index (χ0v) is 18.4. The number of morpholine rings is 1. The van der Waals surface area contributed by atoms with Gasteiger partial charge in [0.1, 0.15) is 24.3 Å². The molecule has 0 saturated carbocycles.